The normalized spacial score (nSPS) is 44.0. The highest BCUT2D eigenvalue weighted by Gasteiger charge is 2.68. The van der Waals surface area contributed by atoms with E-state index in [0.29, 0.717) is 47.2 Å². The Labute approximate surface area is 304 Å². The number of allylic oxidation sites excluding steroid dienone is 2. The van der Waals surface area contributed by atoms with Crippen molar-refractivity contribution in [2.75, 3.05) is 27.4 Å². The number of hydrogen-bond acceptors (Lipinski definition) is 7. The van der Waals surface area contributed by atoms with Crippen molar-refractivity contribution in [3.05, 3.63) is 59.2 Å². The van der Waals surface area contributed by atoms with Crippen molar-refractivity contribution in [2.45, 2.75) is 115 Å². The van der Waals surface area contributed by atoms with Crippen LogP contribution in [0.2, 0.25) is 0 Å². The van der Waals surface area contributed by atoms with Crippen LogP contribution in [0.5, 0.6) is 23.0 Å². The van der Waals surface area contributed by atoms with E-state index >= 15 is 0 Å². The summed E-state index contributed by atoms with van der Waals surface area (Å²) in [5, 5.41) is 10.3. The maximum absolute atomic E-state index is 10.3. The predicted octanol–water partition coefficient (Wildman–Crippen LogP) is 9.03. The van der Waals surface area contributed by atoms with E-state index in [2.05, 4.69) is 39.8 Å². The summed E-state index contributed by atoms with van der Waals surface area (Å²) < 4.78 is 35.9. The Balaban J connectivity index is 0.000000146. The molecular formula is C44H58O7. The quantitative estimate of drug-likeness (QED) is 0.314. The average molecular weight is 699 g/mol. The molecule has 51 heavy (non-hydrogen) atoms. The molecule has 5 fully saturated rings. The van der Waals surface area contributed by atoms with Gasteiger partial charge in [0.05, 0.1) is 45.6 Å². The highest BCUT2D eigenvalue weighted by atomic mass is 16.7. The van der Waals surface area contributed by atoms with E-state index in [1.54, 1.807) is 19.8 Å². The zero-order valence-corrected chi connectivity index (χ0v) is 31.5. The second kappa shape index (κ2) is 12.4. The first kappa shape index (κ1) is 34.1. The van der Waals surface area contributed by atoms with E-state index in [0.717, 1.165) is 66.3 Å². The second-order valence-electron chi connectivity index (χ2n) is 17.9. The van der Waals surface area contributed by atoms with Gasteiger partial charge in [0, 0.05) is 35.6 Å². The summed E-state index contributed by atoms with van der Waals surface area (Å²) in [5.41, 5.74) is 4.71. The van der Waals surface area contributed by atoms with Crippen molar-refractivity contribution in [3.63, 3.8) is 0 Å². The summed E-state index contributed by atoms with van der Waals surface area (Å²) in [5.74, 6) is 7.24. The lowest BCUT2D eigenvalue weighted by Gasteiger charge is -2.57. The average Bonchev–Trinajstić information content (AvgIpc) is 3.75. The summed E-state index contributed by atoms with van der Waals surface area (Å²) in [6.07, 6.45) is 13.6. The lowest BCUT2D eigenvalue weighted by atomic mass is 9.48. The molecule has 0 radical (unpaired) electrons. The van der Waals surface area contributed by atoms with Crippen LogP contribution in [0.1, 0.15) is 109 Å². The van der Waals surface area contributed by atoms with Crippen LogP contribution in [0, 0.1) is 46.3 Å². The molecule has 7 nitrogen and oxygen atoms in total. The van der Waals surface area contributed by atoms with Crippen molar-refractivity contribution in [2.24, 2.45) is 46.3 Å². The summed E-state index contributed by atoms with van der Waals surface area (Å²) in [6, 6.07) is 11.9. The fourth-order valence-corrected chi connectivity index (χ4v) is 12.6. The standard InChI is InChI=1S/C27H42O3.C17H16O4/c1-16-7-12-27(29-15-16)17(2)24-23(30-27)14-22-20-6-5-18-13-19(28)8-10-25(18,3)21(20)9-11-26(22,24)4;1-18-10-4-6-13-15(7-10)20-9-14-12-5-3-11(19-2)8-16(12)21-17(13)14/h9,16-20,22-24,28H,5-8,10-15H2,1-4H3;3-8,14,17H,9H2,1-2H3. The van der Waals surface area contributed by atoms with E-state index in [-0.39, 0.29) is 23.9 Å². The molecule has 13 atom stereocenters. The Kier molecular flexibility index (Phi) is 8.29. The number of rotatable bonds is 2. The molecule has 276 valence electrons. The minimum absolute atomic E-state index is 0.00163. The van der Waals surface area contributed by atoms with Gasteiger partial charge in [-0.3, -0.25) is 0 Å². The minimum Gasteiger partial charge on any atom is -0.497 e. The van der Waals surface area contributed by atoms with Crippen molar-refractivity contribution >= 4 is 0 Å². The fourth-order valence-electron chi connectivity index (χ4n) is 12.6. The van der Waals surface area contributed by atoms with Crippen LogP contribution in [0.25, 0.3) is 0 Å². The number of methoxy groups -OCH3 is 2. The lowest BCUT2D eigenvalue weighted by Crippen LogP contribution is -2.50. The first-order chi connectivity index (χ1) is 24.6. The molecule has 2 aromatic carbocycles. The van der Waals surface area contributed by atoms with Crippen LogP contribution in [0.15, 0.2) is 48.0 Å². The first-order valence-electron chi connectivity index (χ1n) is 19.9. The van der Waals surface area contributed by atoms with Gasteiger partial charge in [-0.2, -0.15) is 0 Å². The van der Waals surface area contributed by atoms with Crippen molar-refractivity contribution in [1.29, 1.82) is 0 Å². The summed E-state index contributed by atoms with van der Waals surface area (Å²) in [6.45, 7) is 11.4. The van der Waals surface area contributed by atoms with Gasteiger partial charge in [-0.1, -0.05) is 45.4 Å². The Hall–Kier alpha value is -2.74. The summed E-state index contributed by atoms with van der Waals surface area (Å²) in [7, 11) is 3.32. The SMILES string of the molecule is CC1CCC2(OC1)OC1CC3C4CCC5CC(O)CCC5(C)C4=CCC3(C)C1C2C.COc1ccc2c(c1)OC1c3ccc(OC)cc3OCC21. The van der Waals surface area contributed by atoms with Crippen LogP contribution in [0.3, 0.4) is 0 Å². The van der Waals surface area contributed by atoms with Gasteiger partial charge in [0.15, 0.2) is 5.79 Å². The second-order valence-corrected chi connectivity index (χ2v) is 17.9. The van der Waals surface area contributed by atoms with Gasteiger partial charge in [0.2, 0.25) is 0 Å². The van der Waals surface area contributed by atoms with E-state index in [9.17, 15) is 5.11 Å². The molecule has 1 N–H and O–H groups in total. The first-order valence-corrected chi connectivity index (χ1v) is 19.9. The highest BCUT2D eigenvalue weighted by Crippen LogP contribution is 2.70. The third-order valence-electron chi connectivity index (χ3n) is 15.4. The molecule has 1 spiro atoms. The number of fused-ring (bicyclic) bond motifs is 12. The van der Waals surface area contributed by atoms with Crippen molar-refractivity contribution < 1.29 is 33.5 Å². The number of hydrogen-bond donors (Lipinski definition) is 1. The smallest absolute Gasteiger partial charge is 0.171 e. The number of aliphatic hydroxyl groups is 1. The van der Waals surface area contributed by atoms with Crippen LogP contribution >= 0.6 is 0 Å². The zero-order chi connectivity index (χ0) is 35.3. The van der Waals surface area contributed by atoms with E-state index in [1.807, 2.05) is 30.3 Å². The van der Waals surface area contributed by atoms with Gasteiger partial charge in [-0.25, -0.2) is 0 Å². The molecule has 0 aromatic heterocycles. The molecule has 2 aromatic rings. The highest BCUT2D eigenvalue weighted by molar-refractivity contribution is 5.52. The topological polar surface area (TPSA) is 75.6 Å². The van der Waals surface area contributed by atoms with Gasteiger partial charge < -0.3 is 33.5 Å². The largest absolute Gasteiger partial charge is 0.497 e. The van der Waals surface area contributed by atoms with Gasteiger partial charge in [-0.05, 0) is 110 Å². The van der Waals surface area contributed by atoms with Crippen LogP contribution in [-0.4, -0.2) is 50.5 Å². The van der Waals surface area contributed by atoms with Gasteiger partial charge in [0.25, 0.3) is 0 Å². The Morgan fingerprint density at radius 2 is 1.59 bits per heavy atom. The maximum atomic E-state index is 10.3. The summed E-state index contributed by atoms with van der Waals surface area (Å²) >= 11 is 0. The molecule has 4 aliphatic carbocycles. The molecule has 0 amide bonds. The van der Waals surface area contributed by atoms with Gasteiger partial charge >= 0.3 is 0 Å². The minimum atomic E-state index is -0.303. The van der Waals surface area contributed by atoms with Crippen LogP contribution < -0.4 is 18.9 Å². The van der Waals surface area contributed by atoms with Crippen molar-refractivity contribution in [1.82, 2.24) is 0 Å². The van der Waals surface area contributed by atoms with Crippen LogP contribution in [-0.2, 0) is 9.47 Å². The maximum Gasteiger partial charge on any atom is 0.171 e. The monoisotopic (exact) mass is 698 g/mol. The van der Waals surface area contributed by atoms with E-state index in [1.165, 1.54) is 44.1 Å². The zero-order valence-electron chi connectivity index (χ0n) is 31.5. The van der Waals surface area contributed by atoms with E-state index in [4.69, 9.17) is 28.4 Å². The molecule has 8 aliphatic rings. The van der Waals surface area contributed by atoms with Crippen LogP contribution in [0.4, 0.5) is 0 Å². The van der Waals surface area contributed by atoms with Crippen molar-refractivity contribution in [3.8, 4) is 23.0 Å². The number of ether oxygens (including phenoxy) is 6. The molecule has 13 unspecified atom stereocenters. The molecule has 3 saturated carbocycles. The third kappa shape index (κ3) is 5.21. The number of aliphatic hydroxyl groups excluding tert-OH is 1. The molecule has 0 bridgehead atoms. The fraction of sp³-hybridized carbons (Fsp3) is 0.682. The molecule has 7 heteroatoms. The Morgan fingerprint density at radius 1 is 0.824 bits per heavy atom. The molecule has 4 heterocycles. The van der Waals surface area contributed by atoms with Gasteiger partial charge in [-0.15, -0.1) is 0 Å². The summed E-state index contributed by atoms with van der Waals surface area (Å²) in [4.78, 5) is 0. The van der Waals surface area contributed by atoms with E-state index < -0.39 is 0 Å². The molecule has 2 saturated heterocycles. The molecular weight excluding hydrogens is 640 g/mol. The predicted molar refractivity (Wildman–Crippen MR) is 195 cm³/mol. The van der Waals surface area contributed by atoms with Gasteiger partial charge in [0.1, 0.15) is 29.1 Å². The number of benzene rings is 2. The molecule has 4 aliphatic heterocycles. The Morgan fingerprint density at radius 3 is 2.33 bits per heavy atom. The lowest BCUT2D eigenvalue weighted by molar-refractivity contribution is -0.272. The third-order valence-corrected chi connectivity index (χ3v) is 15.4. The molecule has 10 rings (SSSR count). The Bertz CT molecular complexity index is 1680.